The highest BCUT2D eigenvalue weighted by Crippen LogP contribution is 2.28. The van der Waals surface area contributed by atoms with Gasteiger partial charge in [-0.1, -0.05) is 30.3 Å². The highest BCUT2D eigenvalue weighted by atomic mass is 32.2. The molecule has 4 rings (SSSR count). The van der Waals surface area contributed by atoms with Crippen molar-refractivity contribution < 1.29 is 22.0 Å². The van der Waals surface area contributed by atoms with E-state index in [-0.39, 0.29) is 10.1 Å². The Morgan fingerprint density at radius 1 is 1.06 bits per heavy atom. The van der Waals surface area contributed by atoms with Crippen molar-refractivity contribution in [3.63, 3.8) is 0 Å². The molecule has 0 aliphatic rings. The standard InChI is InChI=1S/C20H13F2N3O5S2/c21-13-10-24(20(28)25(18(13)27)17(26)12-6-2-1-3-7-12)11-16(22)32(29,30)19-23-14-8-4-5-9-15(14)31-19/h1-10,16H,11H2. The first-order chi connectivity index (χ1) is 15.2. The van der Waals surface area contributed by atoms with E-state index in [9.17, 15) is 31.6 Å². The highest BCUT2D eigenvalue weighted by Gasteiger charge is 2.32. The Morgan fingerprint density at radius 3 is 2.41 bits per heavy atom. The number of carbonyl (C=O) groups excluding carboxylic acids is 1. The molecule has 2 aromatic heterocycles. The zero-order valence-electron chi connectivity index (χ0n) is 16.0. The summed E-state index contributed by atoms with van der Waals surface area (Å²) in [6.07, 6.45) is 0.375. The molecule has 0 bridgehead atoms. The zero-order chi connectivity index (χ0) is 23.0. The molecule has 12 heteroatoms. The van der Waals surface area contributed by atoms with Gasteiger partial charge in [-0.2, -0.15) is 8.96 Å². The van der Waals surface area contributed by atoms with Gasteiger partial charge in [-0.15, -0.1) is 11.3 Å². The highest BCUT2D eigenvalue weighted by molar-refractivity contribution is 7.93. The van der Waals surface area contributed by atoms with E-state index in [0.717, 1.165) is 11.3 Å². The van der Waals surface area contributed by atoms with Crippen molar-refractivity contribution in [2.75, 3.05) is 0 Å². The van der Waals surface area contributed by atoms with Gasteiger partial charge in [-0.05, 0) is 24.3 Å². The third-order valence-corrected chi connectivity index (χ3v) is 7.71. The summed E-state index contributed by atoms with van der Waals surface area (Å²) in [4.78, 5) is 41.2. The Bertz CT molecular complexity index is 1530. The molecule has 8 nitrogen and oxygen atoms in total. The minimum absolute atomic E-state index is 0.00168. The predicted octanol–water partition coefficient (Wildman–Crippen LogP) is 2.22. The lowest BCUT2D eigenvalue weighted by Crippen LogP contribution is -2.46. The monoisotopic (exact) mass is 477 g/mol. The largest absolute Gasteiger partial charge is 0.338 e. The van der Waals surface area contributed by atoms with Gasteiger partial charge in [0.05, 0.1) is 23.0 Å². The van der Waals surface area contributed by atoms with Crippen LogP contribution in [0.25, 0.3) is 10.2 Å². The third kappa shape index (κ3) is 3.78. The number of rotatable bonds is 5. The van der Waals surface area contributed by atoms with Crippen LogP contribution in [0.4, 0.5) is 8.78 Å². The first-order valence-corrected chi connectivity index (χ1v) is 11.4. The van der Waals surface area contributed by atoms with E-state index in [2.05, 4.69) is 4.98 Å². The number of sulfone groups is 1. The van der Waals surface area contributed by atoms with E-state index in [1.165, 1.54) is 24.3 Å². The predicted molar refractivity (Wildman–Crippen MR) is 113 cm³/mol. The van der Waals surface area contributed by atoms with E-state index in [1.807, 2.05) is 0 Å². The molecule has 0 amide bonds. The zero-order valence-corrected chi connectivity index (χ0v) is 17.6. The molecule has 0 saturated carbocycles. The first-order valence-electron chi connectivity index (χ1n) is 9.05. The molecule has 0 saturated heterocycles. The molecule has 4 aromatic rings. The first kappa shape index (κ1) is 21.7. The fourth-order valence-electron chi connectivity index (χ4n) is 2.92. The molecule has 32 heavy (non-hydrogen) atoms. The maximum Gasteiger partial charge on any atom is 0.338 e. The van der Waals surface area contributed by atoms with Crippen LogP contribution in [0, 0.1) is 5.82 Å². The maximum atomic E-state index is 14.9. The Balaban J connectivity index is 1.73. The summed E-state index contributed by atoms with van der Waals surface area (Å²) in [6.45, 7) is -1.14. The van der Waals surface area contributed by atoms with Crippen LogP contribution in [-0.2, 0) is 16.4 Å². The lowest BCUT2D eigenvalue weighted by molar-refractivity contribution is 0.0945. The molecule has 0 N–H and O–H groups in total. The second-order valence-corrected chi connectivity index (χ2v) is 9.90. The Hall–Kier alpha value is -3.51. The van der Waals surface area contributed by atoms with Crippen LogP contribution < -0.4 is 11.2 Å². The van der Waals surface area contributed by atoms with E-state index in [4.69, 9.17) is 0 Å². The van der Waals surface area contributed by atoms with Crippen molar-refractivity contribution in [1.82, 2.24) is 14.1 Å². The molecule has 0 fully saturated rings. The molecule has 0 aliphatic carbocycles. The molecular weight excluding hydrogens is 464 g/mol. The fourth-order valence-corrected chi connectivity index (χ4v) is 5.47. The Labute approximate surface area is 182 Å². The van der Waals surface area contributed by atoms with Crippen molar-refractivity contribution in [3.05, 3.63) is 93.0 Å². The number of hydrogen-bond acceptors (Lipinski definition) is 7. The number of nitrogens with zero attached hydrogens (tertiary/aromatic N) is 3. The number of fused-ring (bicyclic) bond motifs is 1. The minimum Gasteiger partial charge on any atom is -0.293 e. The van der Waals surface area contributed by atoms with E-state index < -0.39 is 49.2 Å². The number of benzene rings is 2. The summed E-state index contributed by atoms with van der Waals surface area (Å²) in [5.41, 5.74) is -5.30. The van der Waals surface area contributed by atoms with E-state index in [0.29, 0.717) is 21.0 Å². The number of hydrogen-bond donors (Lipinski definition) is 0. The van der Waals surface area contributed by atoms with Gasteiger partial charge in [0.15, 0.2) is 0 Å². The fraction of sp³-hybridized carbons (Fsp3) is 0.100. The number of aromatic nitrogens is 3. The van der Waals surface area contributed by atoms with Crippen molar-refractivity contribution in [3.8, 4) is 0 Å². The van der Waals surface area contributed by atoms with Gasteiger partial charge >= 0.3 is 5.69 Å². The lowest BCUT2D eigenvalue weighted by atomic mass is 10.2. The SMILES string of the molecule is O=C(c1ccccc1)n1c(=O)c(F)cn(CC(F)S(=O)(=O)c2nc3ccccc3s2)c1=O. The van der Waals surface area contributed by atoms with Gasteiger partial charge in [0.2, 0.25) is 25.5 Å². The van der Waals surface area contributed by atoms with Crippen LogP contribution in [0.1, 0.15) is 10.4 Å². The summed E-state index contributed by atoms with van der Waals surface area (Å²) < 4.78 is 54.7. The number of halogens is 2. The van der Waals surface area contributed by atoms with Gasteiger partial charge in [0.1, 0.15) is 0 Å². The molecule has 1 unspecified atom stereocenters. The number of alkyl halides is 1. The minimum atomic E-state index is -4.64. The topological polar surface area (TPSA) is 108 Å². The van der Waals surface area contributed by atoms with Gasteiger partial charge in [0.25, 0.3) is 11.5 Å². The summed E-state index contributed by atoms with van der Waals surface area (Å²) in [5, 5.41) is 0. The van der Waals surface area contributed by atoms with Crippen LogP contribution in [-0.4, -0.2) is 33.9 Å². The number of para-hydroxylation sites is 1. The molecule has 164 valence electrons. The average molecular weight is 477 g/mol. The van der Waals surface area contributed by atoms with Crippen LogP contribution >= 0.6 is 11.3 Å². The van der Waals surface area contributed by atoms with Crippen molar-refractivity contribution in [1.29, 1.82) is 0 Å². The second-order valence-electron chi connectivity index (χ2n) is 6.63. The Kier molecular flexibility index (Phi) is 5.57. The van der Waals surface area contributed by atoms with Gasteiger partial charge in [-0.25, -0.2) is 22.6 Å². The summed E-state index contributed by atoms with van der Waals surface area (Å²) >= 11 is 0.748. The maximum absolute atomic E-state index is 14.9. The van der Waals surface area contributed by atoms with Gasteiger partial charge < -0.3 is 0 Å². The molecule has 0 spiro atoms. The smallest absolute Gasteiger partial charge is 0.293 e. The van der Waals surface area contributed by atoms with Crippen LogP contribution in [0.3, 0.4) is 0 Å². The lowest BCUT2D eigenvalue weighted by Gasteiger charge is -2.12. The van der Waals surface area contributed by atoms with Crippen molar-refractivity contribution in [2.24, 2.45) is 0 Å². The summed E-state index contributed by atoms with van der Waals surface area (Å²) in [5.74, 6) is -2.64. The number of carbonyl (C=O) groups is 1. The van der Waals surface area contributed by atoms with Gasteiger partial charge in [0, 0.05) is 5.56 Å². The molecule has 2 aromatic carbocycles. The normalized spacial score (nSPS) is 12.7. The second kappa shape index (κ2) is 8.20. The van der Waals surface area contributed by atoms with Crippen molar-refractivity contribution in [2.45, 2.75) is 16.4 Å². The van der Waals surface area contributed by atoms with E-state index in [1.54, 1.807) is 30.3 Å². The summed E-state index contributed by atoms with van der Waals surface area (Å²) in [6, 6.07) is 13.6. The average Bonchev–Trinajstić information content (AvgIpc) is 3.23. The molecule has 1 atom stereocenters. The molecular formula is C20H13F2N3O5S2. The van der Waals surface area contributed by atoms with Crippen LogP contribution in [0.15, 0.2) is 74.7 Å². The quantitative estimate of drug-likeness (QED) is 0.436. The molecule has 0 radical (unpaired) electrons. The molecule has 2 heterocycles. The van der Waals surface area contributed by atoms with Crippen LogP contribution in [0.5, 0.6) is 0 Å². The Morgan fingerprint density at radius 2 is 1.72 bits per heavy atom. The third-order valence-electron chi connectivity index (χ3n) is 4.53. The van der Waals surface area contributed by atoms with Crippen molar-refractivity contribution >= 4 is 37.3 Å². The molecule has 0 aliphatic heterocycles. The summed E-state index contributed by atoms with van der Waals surface area (Å²) in [7, 11) is -4.64. The van der Waals surface area contributed by atoms with Gasteiger partial charge in [-0.3, -0.25) is 14.2 Å². The number of thiazole rings is 1. The van der Waals surface area contributed by atoms with E-state index >= 15 is 0 Å². The van der Waals surface area contributed by atoms with Crippen LogP contribution in [0.2, 0.25) is 0 Å².